The SMILES string of the molecule is C.CC[C@H]1CN(CN2CCN(c3ccc([N+](=O)[O-])cc3)CC2)C(=O)O1.O=C1O[C@@H](CO)CN1CN1CCN(c2ccc([N+](=O)[O-])cc2)CC1. The summed E-state index contributed by atoms with van der Waals surface area (Å²) in [6.45, 7) is 10.5. The first-order valence-corrected chi connectivity index (χ1v) is 16.1. The molecule has 2 atom stereocenters. The van der Waals surface area contributed by atoms with E-state index in [1.54, 1.807) is 34.1 Å². The summed E-state index contributed by atoms with van der Waals surface area (Å²) in [6, 6.07) is 13.2. The minimum absolute atomic E-state index is 0. The Morgan fingerprint density at radius 1 is 0.673 bits per heavy atom. The van der Waals surface area contributed by atoms with Gasteiger partial charge in [-0.15, -0.1) is 0 Å². The second-order valence-corrected chi connectivity index (χ2v) is 12.1. The summed E-state index contributed by atoms with van der Waals surface area (Å²) in [5.74, 6) is 0. The van der Waals surface area contributed by atoms with Crippen LogP contribution in [-0.2, 0) is 9.47 Å². The number of amides is 2. The summed E-state index contributed by atoms with van der Waals surface area (Å²) in [5.41, 5.74) is 2.15. The first-order chi connectivity index (χ1) is 23.1. The number of anilines is 2. The van der Waals surface area contributed by atoms with E-state index in [9.17, 15) is 29.8 Å². The molecule has 4 saturated heterocycles. The molecule has 2 amide bonds. The minimum Gasteiger partial charge on any atom is -0.444 e. The van der Waals surface area contributed by atoms with Gasteiger partial charge in [0.1, 0.15) is 12.2 Å². The fourth-order valence-electron chi connectivity index (χ4n) is 6.04. The zero-order valence-corrected chi connectivity index (χ0v) is 27.0. The average molecular weight is 687 g/mol. The lowest BCUT2D eigenvalue weighted by molar-refractivity contribution is -0.385. The molecule has 4 heterocycles. The van der Waals surface area contributed by atoms with Gasteiger partial charge in [0.05, 0.1) is 42.9 Å². The molecule has 0 bridgehead atoms. The summed E-state index contributed by atoms with van der Waals surface area (Å²) in [5, 5.41) is 30.5. The number of non-ortho nitro benzene ring substituents is 2. The van der Waals surface area contributed by atoms with E-state index >= 15 is 0 Å². The van der Waals surface area contributed by atoms with Crippen LogP contribution in [0.2, 0.25) is 0 Å². The van der Waals surface area contributed by atoms with Crippen molar-refractivity contribution in [3.63, 3.8) is 0 Å². The number of piperazine rings is 2. The smallest absolute Gasteiger partial charge is 0.411 e. The molecule has 6 rings (SSSR count). The summed E-state index contributed by atoms with van der Waals surface area (Å²) < 4.78 is 10.3. The number of aliphatic hydroxyl groups is 1. The van der Waals surface area contributed by atoms with Gasteiger partial charge < -0.3 is 24.4 Å². The number of nitrogens with zero attached hydrogens (tertiary/aromatic N) is 8. The number of nitro groups is 2. The molecule has 1 N–H and O–H groups in total. The Balaban J connectivity index is 0.000000216. The Morgan fingerprint density at radius 3 is 1.35 bits per heavy atom. The topological polar surface area (TPSA) is 179 Å². The van der Waals surface area contributed by atoms with E-state index in [1.807, 2.05) is 6.92 Å². The number of benzene rings is 2. The van der Waals surface area contributed by atoms with Crippen molar-refractivity contribution in [3.05, 3.63) is 68.8 Å². The third kappa shape index (κ3) is 9.67. The van der Waals surface area contributed by atoms with Crippen LogP contribution in [0.4, 0.5) is 32.3 Å². The molecule has 0 unspecified atom stereocenters. The van der Waals surface area contributed by atoms with Gasteiger partial charge in [-0.1, -0.05) is 14.4 Å². The second-order valence-electron chi connectivity index (χ2n) is 12.1. The van der Waals surface area contributed by atoms with Crippen LogP contribution in [0.5, 0.6) is 0 Å². The third-order valence-corrected chi connectivity index (χ3v) is 8.90. The van der Waals surface area contributed by atoms with Crippen LogP contribution >= 0.6 is 0 Å². The van der Waals surface area contributed by atoms with E-state index in [-0.39, 0.29) is 48.6 Å². The largest absolute Gasteiger partial charge is 0.444 e. The predicted octanol–water partition coefficient (Wildman–Crippen LogP) is 3.03. The third-order valence-electron chi connectivity index (χ3n) is 8.90. The lowest BCUT2D eigenvalue weighted by Gasteiger charge is -2.37. The minimum atomic E-state index is -0.432. The fraction of sp³-hybridized carbons (Fsp3) is 0.562. The van der Waals surface area contributed by atoms with Crippen molar-refractivity contribution < 1.29 is 34.0 Å². The highest BCUT2D eigenvalue weighted by Gasteiger charge is 2.33. The normalized spacial score (nSPS) is 21.4. The molecule has 0 saturated carbocycles. The molecule has 49 heavy (non-hydrogen) atoms. The van der Waals surface area contributed by atoms with Gasteiger partial charge in [0.2, 0.25) is 0 Å². The molecule has 2 aromatic carbocycles. The van der Waals surface area contributed by atoms with Gasteiger partial charge in [0.15, 0.2) is 0 Å². The molecule has 0 radical (unpaired) electrons. The van der Waals surface area contributed by atoms with Gasteiger partial charge in [0, 0.05) is 88.0 Å². The number of hydrogen-bond acceptors (Lipinski definition) is 13. The zero-order chi connectivity index (χ0) is 34.2. The molecule has 0 aliphatic carbocycles. The van der Waals surface area contributed by atoms with Crippen molar-refractivity contribution in [2.45, 2.75) is 33.0 Å². The molecule has 17 heteroatoms. The molecule has 0 aromatic heterocycles. The highest BCUT2D eigenvalue weighted by Crippen LogP contribution is 2.23. The van der Waals surface area contributed by atoms with Crippen LogP contribution < -0.4 is 9.80 Å². The van der Waals surface area contributed by atoms with E-state index in [1.165, 1.54) is 24.3 Å². The van der Waals surface area contributed by atoms with Crippen LogP contribution in [0.25, 0.3) is 0 Å². The van der Waals surface area contributed by atoms with Gasteiger partial charge >= 0.3 is 12.2 Å². The molecular weight excluding hydrogens is 640 g/mol. The van der Waals surface area contributed by atoms with Crippen molar-refractivity contribution in [2.75, 3.05) is 95.2 Å². The lowest BCUT2D eigenvalue weighted by Crippen LogP contribution is -2.50. The summed E-state index contributed by atoms with van der Waals surface area (Å²) in [7, 11) is 0. The predicted molar refractivity (Wildman–Crippen MR) is 182 cm³/mol. The van der Waals surface area contributed by atoms with Crippen LogP contribution in [-0.4, -0.2) is 144 Å². The Labute approximate surface area is 285 Å². The number of ether oxygens (including phenoxy) is 2. The Kier molecular flexibility index (Phi) is 12.9. The lowest BCUT2D eigenvalue weighted by atomic mass is 10.2. The average Bonchev–Trinajstić information content (AvgIpc) is 3.65. The van der Waals surface area contributed by atoms with Gasteiger partial charge in [-0.3, -0.25) is 39.8 Å². The van der Waals surface area contributed by atoms with Gasteiger partial charge in [-0.25, -0.2) is 9.59 Å². The number of cyclic esters (lactones) is 2. The summed E-state index contributed by atoms with van der Waals surface area (Å²) in [4.78, 5) is 56.2. The molecule has 4 fully saturated rings. The van der Waals surface area contributed by atoms with E-state index in [0.717, 1.165) is 70.2 Å². The molecular formula is C32H46N8O9. The van der Waals surface area contributed by atoms with Crippen LogP contribution in [0, 0.1) is 20.2 Å². The van der Waals surface area contributed by atoms with Crippen molar-refractivity contribution in [1.29, 1.82) is 0 Å². The highest BCUT2D eigenvalue weighted by atomic mass is 16.6. The second kappa shape index (κ2) is 17.1. The number of rotatable bonds is 10. The van der Waals surface area contributed by atoms with Crippen molar-refractivity contribution >= 4 is 34.9 Å². The molecule has 268 valence electrons. The number of hydrogen-bond donors (Lipinski definition) is 1. The number of carbonyl (C=O) groups excluding carboxylic acids is 2. The van der Waals surface area contributed by atoms with Gasteiger partial charge in [0.25, 0.3) is 11.4 Å². The number of carbonyl (C=O) groups is 2. The van der Waals surface area contributed by atoms with E-state index < -0.39 is 11.0 Å². The quantitative estimate of drug-likeness (QED) is 0.285. The molecule has 4 aliphatic rings. The van der Waals surface area contributed by atoms with E-state index in [2.05, 4.69) is 19.6 Å². The number of nitro benzene ring substituents is 2. The standard InChI is InChI=1S/C16H22N4O4.C15H20N4O5.CH4/c1-2-15-11-19(16(21)24-15)12-17-7-9-18(10-8-17)13-3-5-14(6-4-13)20(22)23;20-10-14-9-18(15(21)24-14)11-16-5-7-17(8-6-16)12-1-3-13(4-2-12)19(22)23;/h3-6,15H,2,7-12H2,1H3;1-4,14,20H,5-11H2;1H4/t15-;14-;/m01./s1. The zero-order valence-electron chi connectivity index (χ0n) is 27.0. The Morgan fingerprint density at radius 2 is 1.04 bits per heavy atom. The first-order valence-electron chi connectivity index (χ1n) is 16.1. The van der Waals surface area contributed by atoms with Crippen LogP contribution in [0.3, 0.4) is 0 Å². The van der Waals surface area contributed by atoms with Crippen molar-refractivity contribution in [3.8, 4) is 0 Å². The van der Waals surface area contributed by atoms with Gasteiger partial charge in [-0.05, 0) is 30.7 Å². The van der Waals surface area contributed by atoms with Crippen molar-refractivity contribution in [2.24, 2.45) is 0 Å². The van der Waals surface area contributed by atoms with E-state index in [0.29, 0.717) is 26.4 Å². The monoisotopic (exact) mass is 686 g/mol. The number of aliphatic hydroxyl groups excluding tert-OH is 1. The van der Waals surface area contributed by atoms with Crippen LogP contribution in [0.15, 0.2) is 48.5 Å². The Hall–Kier alpha value is -4.74. The Bertz CT molecular complexity index is 1310. The first kappa shape index (κ1) is 37.1. The maximum Gasteiger partial charge on any atom is 0.411 e. The highest BCUT2D eigenvalue weighted by molar-refractivity contribution is 5.70. The fourth-order valence-corrected chi connectivity index (χ4v) is 6.04. The molecule has 17 nitrogen and oxygen atoms in total. The molecule has 0 spiro atoms. The summed E-state index contributed by atoms with van der Waals surface area (Å²) in [6.07, 6.45) is -0.180. The summed E-state index contributed by atoms with van der Waals surface area (Å²) >= 11 is 0. The van der Waals surface area contributed by atoms with Gasteiger partial charge in [-0.2, -0.15) is 0 Å². The maximum absolute atomic E-state index is 11.8. The maximum atomic E-state index is 11.8. The molecule has 2 aromatic rings. The van der Waals surface area contributed by atoms with E-state index in [4.69, 9.17) is 14.6 Å². The van der Waals surface area contributed by atoms with Crippen molar-refractivity contribution in [1.82, 2.24) is 19.6 Å². The van der Waals surface area contributed by atoms with Crippen LogP contribution in [0.1, 0.15) is 20.8 Å². The molecule has 4 aliphatic heterocycles.